The number of hydrogen-bond acceptors (Lipinski definition) is 7. The van der Waals surface area contributed by atoms with Crippen LogP contribution in [0.1, 0.15) is 6.23 Å². The van der Waals surface area contributed by atoms with Gasteiger partial charge in [-0.1, -0.05) is 0 Å². The van der Waals surface area contributed by atoms with Gasteiger partial charge in [-0.25, -0.2) is 4.79 Å². The van der Waals surface area contributed by atoms with E-state index in [0.717, 1.165) is 0 Å². The zero-order valence-corrected chi connectivity index (χ0v) is 10.6. The van der Waals surface area contributed by atoms with Crippen molar-refractivity contribution in [2.75, 3.05) is 13.7 Å². The number of aliphatic hydroxyl groups is 1. The maximum atomic E-state index is 11.8. The second-order valence-electron chi connectivity index (χ2n) is 4.49. The fourth-order valence-corrected chi connectivity index (χ4v) is 2.42. The molecule has 20 heavy (non-hydrogen) atoms. The molecule has 3 rings (SSSR count). The molecule has 0 aromatic carbocycles. The molecular weight excluding hydrogens is 272 g/mol. The van der Waals surface area contributed by atoms with Crippen LogP contribution in [0.25, 0.3) is 0 Å². The first-order valence-corrected chi connectivity index (χ1v) is 6.05. The SMILES string of the molecule is COC1O[C@@H]2[C@H](O1)[C@@H](CO)O[C@H]2n1ccc(=O)[nH]c1=O. The van der Waals surface area contributed by atoms with E-state index in [2.05, 4.69) is 4.98 Å². The average molecular weight is 286 g/mol. The maximum absolute atomic E-state index is 11.8. The number of hydrogen-bond donors (Lipinski definition) is 2. The number of aromatic nitrogens is 2. The summed E-state index contributed by atoms with van der Waals surface area (Å²) in [5, 5.41) is 9.30. The van der Waals surface area contributed by atoms with Crippen LogP contribution in [0.4, 0.5) is 0 Å². The van der Waals surface area contributed by atoms with E-state index in [0.29, 0.717) is 0 Å². The van der Waals surface area contributed by atoms with Gasteiger partial charge in [0.15, 0.2) is 6.23 Å². The third-order valence-corrected chi connectivity index (χ3v) is 3.32. The number of methoxy groups -OCH3 is 1. The van der Waals surface area contributed by atoms with Gasteiger partial charge in [-0.05, 0) is 0 Å². The molecule has 2 fully saturated rings. The first-order chi connectivity index (χ1) is 9.63. The molecule has 0 radical (unpaired) electrons. The molecule has 3 heterocycles. The summed E-state index contributed by atoms with van der Waals surface area (Å²) >= 11 is 0. The van der Waals surface area contributed by atoms with Crippen LogP contribution in [0.5, 0.6) is 0 Å². The van der Waals surface area contributed by atoms with Gasteiger partial charge in [-0.2, -0.15) is 0 Å². The number of nitrogens with zero attached hydrogens (tertiary/aromatic N) is 1. The molecule has 2 aliphatic heterocycles. The largest absolute Gasteiger partial charge is 0.394 e. The highest BCUT2D eigenvalue weighted by Gasteiger charge is 2.53. The summed E-state index contributed by atoms with van der Waals surface area (Å²) in [4.78, 5) is 25.0. The Balaban J connectivity index is 1.93. The van der Waals surface area contributed by atoms with Gasteiger partial charge in [0.05, 0.1) is 6.61 Å². The lowest BCUT2D eigenvalue weighted by atomic mass is 10.1. The van der Waals surface area contributed by atoms with Gasteiger partial charge in [0.2, 0.25) is 0 Å². The molecule has 0 spiro atoms. The van der Waals surface area contributed by atoms with Crippen molar-refractivity contribution in [1.29, 1.82) is 0 Å². The van der Waals surface area contributed by atoms with E-state index in [-0.39, 0.29) is 6.61 Å². The minimum absolute atomic E-state index is 0.282. The molecule has 9 nitrogen and oxygen atoms in total. The third kappa shape index (κ3) is 2.09. The van der Waals surface area contributed by atoms with Gasteiger partial charge in [0, 0.05) is 19.4 Å². The van der Waals surface area contributed by atoms with E-state index in [1.165, 1.54) is 23.9 Å². The van der Waals surface area contributed by atoms with Gasteiger partial charge in [-0.15, -0.1) is 0 Å². The molecule has 9 heteroatoms. The van der Waals surface area contributed by atoms with E-state index in [1.54, 1.807) is 0 Å². The zero-order chi connectivity index (χ0) is 14.3. The molecule has 0 aliphatic carbocycles. The fourth-order valence-electron chi connectivity index (χ4n) is 2.42. The lowest BCUT2D eigenvalue weighted by molar-refractivity contribution is -0.257. The molecule has 5 atom stereocenters. The summed E-state index contributed by atoms with van der Waals surface area (Å²) in [5.74, 6) is 0. The van der Waals surface area contributed by atoms with Crippen LogP contribution >= 0.6 is 0 Å². The Kier molecular flexibility index (Phi) is 3.44. The maximum Gasteiger partial charge on any atom is 0.330 e. The standard InChI is InChI=1S/C11H14N2O7/c1-17-11-19-7-5(4-14)18-9(8(7)20-11)13-3-2-6(15)12-10(13)16/h2-3,5,7-9,11,14H,4H2,1H3,(H,12,15,16)/t5-,7-,8-,9-,11?/m1/s1. The van der Waals surface area contributed by atoms with Crippen LogP contribution < -0.4 is 11.2 Å². The van der Waals surface area contributed by atoms with Crippen LogP contribution in [0.3, 0.4) is 0 Å². The molecule has 0 bridgehead atoms. The normalized spacial score (nSPS) is 36.2. The van der Waals surface area contributed by atoms with Crippen molar-refractivity contribution in [2.24, 2.45) is 0 Å². The number of aromatic amines is 1. The first-order valence-electron chi connectivity index (χ1n) is 6.05. The van der Waals surface area contributed by atoms with Gasteiger partial charge in [0.25, 0.3) is 12.0 Å². The van der Waals surface area contributed by atoms with Crippen LogP contribution in [-0.2, 0) is 18.9 Å². The molecule has 110 valence electrons. The number of fused-ring (bicyclic) bond motifs is 1. The Hall–Kier alpha value is -1.52. The number of aliphatic hydroxyl groups excluding tert-OH is 1. The predicted octanol–water partition coefficient (Wildman–Crippen LogP) is -1.86. The summed E-state index contributed by atoms with van der Waals surface area (Å²) in [5.41, 5.74) is -1.12. The van der Waals surface area contributed by atoms with E-state index < -0.39 is 42.3 Å². The van der Waals surface area contributed by atoms with Gasteiger partial charge >= 0.3 is 5.69 Å². The van der Waals surface area contributed by atoms with E-state index >= 15 is 0 Å². The summed E-state index contributed by atoms with van der Waals surface area (Å²) in [6, 6.07) is 1.20. The lowest BCUT2D eigenvalue weighted by Crippen LogP contribution is -2.36. The molecule has 2 saturated heterocycles. The number of nitrogens with one attached hydrogen (secondary N) is 1. The second kappa shape index (κ2) is 5.11. The van der Waals surface area contributed by atoms with E-state index in [1.807, 2.05) is 0 Å². The highest BCUT2D eigenvalue weighted by molar-refractivity contribution is 4.96. The van der Waals surface area contributed by atoms with Gasteiger partial charge < -0.3 is 24.1 Å². The Bertz CT molecular complexity index is 597. The summed E-state index contributed by atoms with van der Waals surface area (Å²) in [6.45, 7) is -1.15. The molecule has 2 aliphatic rings. The second-order valence-corrected chi connectivity index (χ2v) is 4.49. The third-order valence-electron chi connectivity index (χ3n) is 3.32. The van der Waals surface area contributed by atoms with Gasteiger partial charge in [-0.3, -0.25) is 14.3 Å². The van der Waals surface area contributed by atoms with Crippen molar-refractivity contribution in [1.82, 2.24) is 9.55 Å². The monoisotopic (exact) mass is 286 g/mol. The number of rotatable bonds is 3. The summed E-state index contributed by atoms with van der Waals surface area (Å²) in [6.07, 6.45) is -1.29. The molecule has 1 unspecified atom stereocenters. The van der Waals surface area contributed by atoms with E-state index in [4.69, 9.17) is 18.9 Å². The van der Waals surface area contributed by atoms with Crippen LogP contribution in [-0.4, -0.2) is 53.2 Å². The summed E-state index contributed by atoms with van der Waals surface area (Å²) in [7, 11) is 1.42. The highest BCUT2D eigenvalue weighted by atomic mass is 16.9. The van der Waals surface area contributed by atoms with Crippen LogP contribution in [0.15, 0.2) is 21.9 Å². The quantitative estimate of drug-likeness (QED) is 0.670. The van der Waals surface area contributed by atoms with Crippen LogP contribution in [0.2, 0.25) is 0 Å². The Morgan fingerprint density at radius 2 is 2.10 bits per heavy atom. The number of H-pyrrole nitrogens is 1. The van der Waals surface area contributed by atoms with Crippen molar-refractivity contribution in [3.63, 3.8) is 0 Å². The minimum Gasteiger partial charge on any atom is -0.394 e. The topological polar surface area (TPSA) is 112 Å². The minimum atomic E-state index is -0.871. The smallest absolute Gasteiger partial charge is 0.330 e. The zero-order valence-electron chi connectivity index (χ0n) is 10.6. The fraction of sp³-hybridized carbons (Fsp3) is 0.636. The Morgan fingerprint density at radius 3 is 2.75 bits per heavy atom. The van der Waals surface area contributed by atoms with Crippen molar-refractivity contribution < 1.29 is 24.1 Å². The molecule has 1 aromatic heterocycles. The Morgan fingerprint density at radius 1 is 1.35 bits per heavy atom. The summed E-state index contributed by atoms with van der Waals surface area (Å²) < 4.78 is 22.6. The molecule has 1 aromatic rings. The van der Waals surface area contributed by atoms with Crippen LogP contribution in [0, 0.1) is 0 Å². The predicted molar refractivity (Wildman–Crippen MR) is 62.9 cm³/mol. The van der Waals surface area contributed by atoms with Gasteiger partial charge in [0.1, 0.15) is 18.3 Å². The average Bonchev–Trinajstić information content (AvgIpc) is 2.97. The van der Waals surface area contributed by atoms with Crippen molar-refractivity contribution >= 4 is 0 Å². The highest BCUT2D eigenvalue weighted by Crippen LogP contribution is 2.38. The molecule has 0 saturated carbocycles. The number of ether oxygens (including phenoxy) is 4. The first kappa shape index (κ1) is 13.5. The lowest BCUT2D eigenvalue weighted by Gasteiger charge is -2.19. The van der Waals surface area contributed by atoms with Crippen molar-refractivity contribution in [3.05, 3.63) is 33.1 Å². The van der Waals surface area contributed by atoms with Crippen molar-refractivity contribution in [3.8, 4) is 0 Å². The molecular formula is C11H14N2O7. The Labute approximate surface area is 112 Å². The van der Waals surface area contributed by atoms with E-state index in [9.17, 15) is 14.7 Å². The van der Waals surface area contributed by atoms with Crippen molar-refractivity contribution in [2.45, 2.75) is 31.0 Å². The molecule has 2 N–H and O–H groups in total. The molecule has 0 amide bonds.